The first-order valence-corrected chi connectivity index (χ1v) is 13.9. The molecule has 0 saturated heterocycles. The zero-order chi connectivity index (χ0) is 27.9. The predicted molar refractivity (Wildman–Crippen MR) is 139 cm³/mol. The van der Waals surface area contributed by atoms with Crippen LogP contribution in [0.25, 0.3) is 0 Å². The SMILES string of the molecule is Cn1nc(C(=O)CCc2ccc(C#N)cc2)c2c1C(=O)N(CC1(S(=O)(=O)NC(C)(C)CC(N)=O)CC1)CC2. The Morgan fingerprint density at radius 2 is 1.89 bits per heavy atom. The average Bonchev–Trinajstić information content (AvgIpc) is 3.55. The van der Waals surface area contributed by atoms with Gasteiger partial charge in [0.1, 0.15) is 16.1 Å². The van der Waals surface area contributed by atoms with Gasteiger partial charge in [-0.25, -0.2) is 13.1 Å². The minimum atomic E-state index is -3.85. The molecule has 1 saturated carbocycles. The van der Waals surface area contributed by atoms with Gasteiger partial charge in [-0.2, -0.15) is 10.4 Å². The van der Waals surface area contributed by atoms with Crippen molar-refractivity contribution >= 4 is 27.6 Å². The molecule has 1 aliphatic carbocycles. The van der Waals surface area contributed by atoms with E-state index in [4.69, 9.17) is 11.0 Å². The Bertz CT molecular complexity index is 1430. The van der Waals surface area contributed by atoms with E-state index in [-0.39, 0.29) is 43.3 Å². The van der Waals surface area contributed by atoms with Crippen molar-refractivity contribution in [2.45, 2.75) is 62.7 Å². The molecule has 12 heteroatoms. The molecule has 2 amide bonds. The molecule has 2 heterocycles. The first kappa shape index (κ1) is 27.5. The fraction of sp³-hybridized carbons (Fsp3) is 0.500. The molecule has 1 aromatic carbocycles. The number of aryl methyl sites for hydroxylation is 2. The number of nitrogens with zero attached hydrogens (tertiary/aromatic N) is 4. The third-order valence-electron chi connectivity index (χ3n) is 7.14. The molecule has 0 atom stereocenters. The van der Waals surface area contributed by atoms with Crippen LogP contribution in [0.4, 0.5) is 0 Å². The van der Waals surface area contributed by atoms with E-state index in [0.717, 1.165) is 5.56 Å². The highest BCUT2D eigenvalue weighted by atomic mass is 32.2. The smallest absolute Gasteiger partial charge is 0.272 e. The highest BCUT2D eigenvalue weighted by Crippen LogP contribution is 2.45. The van der Waals surface area contributed by atoms with Gasteiger partial charge in [-0.15, -0.1) is 0 Å². The number of nitrogens with one attached hydrogen (secondary N) is 1. The van der Waals surface area contributed by atoms with Crippen LogP contribution in [-0.2, 0) is 34.7 Å². The van der Waals surface area contributed by atoms with Crippen LogP contribution in [0.1, 0.15) is 77.2 Å². The summed E-state index contributed by atoms with van der Waals surface area (Å²) in [6.45, 7) is 3.48. The molecule has 1 fully saturated rings. The van der Waals surface area contributed by atoms with Crippen molar-refractivity contribution in [3.63, 3.8) is 0 Å². The largest absolute Gasteiger partial charge is 0.370 e. The second kappa shape index (κ2) is 9.96. The Morgan fingerprint density at radius 3 is 2.47 bits per heavy atom. The van der Waals surface area contributed by atoms with Crippen molar-refractivity contribution < 1.29 is 22.8 Å². The summed E-state index contributed by atoms with van der Waals surface area (Å²) in [5, 5.41) is 13.3. The number of nitrogens with two attached hydrogens (primary N) is 1. The number of carbonyl (C=O) groups excluding carboxylic acids is 3. The van der Waals surface area contributed by atoms with Gasteiger partial charge in [0, 0.05) is 44.1 Å². The van der Waals surface area contributed by atoms with Gasteiger partial charge in [0.2, 0.25) is 15.9 Å². The molecule has 2 aliphatic rings. The summed E-state index contributed by atoms with van der Waals surface area (Å²) < 4.78 is 29.4. The number of hydrogen-bond acceptors (Lipinski definition) is 7. The van der Waals surface area contributed by atoms with Crippen LogP contribution in [0.5, 0.6) is 0 Å². The molecule has 0 spiro atoms. The van der Waals surface area contributed by atoms with Gasteiger partial charge in [-0.05, 0) is 57.2 Å². The van der Waals surface area contributed by atoms with E-state index in [1.807, 2.05) is 12.1 Å². The number of aromatic nitrogens is 2. The maximum atomic E-state index is 13.4. The lowest BCUT2D eigenvalue weighted by molar-refractivity contribution is -0.119. The Morgan fingerprint density at radius 1 is 1.24 bits per heavy atom. The molecule has 0 radical (unpaired) electrons. The molecule has 11 nitrogen and oxygen atoms in total. The topological polar surface area (TPSA) is 168 Å². The van der Waals surface area contributed by atoms with E-state index in [0.29, 0.717) is 42.5 Å². The van der Waals surface area contributed by atoms with Crippen molar-refractivity contribution in [3.8, 4) is 6.07 Å². The Balaban J connectivity index is 1.46. The van der Waals surface area contributed by atoms with Gasteiger partial charge in [0.15, 0.2) is 5.78 Å². The summed E-state index contributed by atoms with van der Waals surface area (Å²) in [5.74, 6) is -1.14. The maximum absolute atomic E-state index is 13.4. The second-order valence-corrected chi connectivity index (χ2v) is 12.9. The lowest BCUT2D eigenvalue weighted by atomic mass is 9.98. The van der Waals surface area contributed by atoms with Gasteiger partial charge >= 0.3 is 0 Å². The molecular formula is C26H32N6O5S. The zero-order valence-electron chi connectivity index (χ0n) is 21.8. The van der Waals surface area contributed by atoms with Crippen LogP contribution in [0, 0.1) is 11.3 Å². The Hall–Kier alpha value is -3.56. The van der Waals surface area contributed by atoms with Crippen LogP contribution in [0.2, 0.25) is 0 Å². The van der Waals surface area contributed by atoms with Crippen LogP contribution in [-0.4, -0.2) is 64.1 Å². The van der Waals surface area contributed by atoms with E-state index in [1.54, 1.807) is 33.0 Å². The quantitative estimate of drug-likeness (QED) is 0.404. The summed E-state index contributed by atoms with van der Waals surface area (Å²) in [5.41, 5.74) is 6.85. The molecule has 4 rings (SSSR count). The average molecular weight is 541 g/mol. The molecule has 2 aromatic rings. The van der Waals surface area contributed by atoms with Crippen molar-refractivity contribution in [2.75, 3.05) is 13.1 Å². The normalized spacial score (nSPS) is 16.6. The van der Waals surface area contributed by atoms with E-state index >= 15 is 0 Å². The van der Waals surface area contributed by atoms with Crippen LogP contribution >= 0.6 is 0 Å². The third-order valence-corrected chi connectivity index (χ3v) is 9.64. The number of fused-ring (bicyclic) bond motifs is 1. The van der Waals surface area contributed by atoms with E-state index in [2.05, 4.69) is 15.9 Å². The molecule has 3 N–H and O–H groups in total. The van der Waals surface area contributed by atoms with Gasteiger partial charge in [0.05, 0.1) is 11.6 Å². The number of primary amides is 1. The fourth-order valence-corrected chi connectivity index (χ4v) is 6.99. The van der Waals surface area contributed by atoms with Gasteiger partial charge in [0.25, 0.3) is 5.91 Å². The van der Waals surface area contributed by atoms with E-state index in [1.165, 1.54) is 9.58 Å². The number of hydrogen-bond donors (Lipinski definition) is 2. The number of benzene rings is 1. The van der Waals surface area contributed by atoms with Crippen molar-refractivity contribution in [2.24, 2.45) is 12.8 Å². The van der Waals surface area contributed by atoms with Gasteiger partial charge in [-0.1, -0.05) is 12.1 Å². The van der Waals surface area contributed by atoms with Crippen molar-refractivity contribution in [3.05, 3.63) is 52.3 Å². The summed E-state index contributed by atoms with van der Waals surface area (Å²) in [6.07, 6.45) is 1.73. The number of amides is 2. The van der Waals surface area contributed by atoms with E-state index < -0.39 is 26.2 Å². The lowest BCUT2D eigenvalue weighted by Crippen LogP contribution is -2.54. The minimum Gasteiger partial charge on any atom is -0.370 e. The molecule has 1 aliphatic heterocycles. The summed E-state index contributed by atoms with van der Waals surface area (Å²) in [7, 11) is -2.25. The van der Waals surface area contributed by atoms with E-state index in [9.17, 15) is 22.8 Å². The van der Waals surface area contributed by atoms with Crippen LogP contribution in [0.15, 0.2) is 24.3 Å². The minimum absolute atomic E-state index is 0.0143. The highest BCUT2D eigenvalue weighted by Gasteiger charge is 2.57. The summed E-state index contributed by atoms with van der Waals surface area (Å²) >= 11 is 0. The Labute approximate surface area is 222 Å². The predicted octanol–water partition coefficient (Wildman–Crippen LogP) is 1.21. The summed E-state index contributed by atoms with van der Waals surface area (Å²) in [4.78, 5) is 39.3. The number of rotatable bonds is 11. The third kappa shape index (κ3) is 5.49. The zero-order valence-corrected chi connectivity index (χ0v) is 22.6. The number of ketones is 1. The van der Waals surface area contributed by atoms with Gasteiger partial charge < -0.3 is 10.6 Å². The molecule has 202 valence electrons. The molecule has 1 aromatic heterocycles. The summed E-state index contributed by atoms with van der Waals surface area (Å²) in [6, 6.07) is 9.10. The number of carbonyl (C=O) groups is 3. The monoisotopic (exact) mass is 540 g/mol. The molecular weight excluding hydrogens is 508 g/mol. The van der Waals surface area contributed by atoms with Crippen LogP contribution in [0.3, 0.4) is 0 Å². The molecule has 0 unspecified atom stereocenters. The Kier molecular flexibility index (Phi) is 7.20. The van der Waals surface area contributed by atoms with Crippen molar-refractivity contribution in [1.82, 2.24) is 19.4 Å². The second-order valence-electron chi connectivity index (χ2n) is 10.8. The molecule has 38 heavy (non-hydrogen) atoms. The van der Waals surface area contributed by atoms with Crippen LogP contribution < -0.4 is 10.5 Å². The number of nitriles is 1. The lowest BCUT2D eigenvalue weighted by Gasteiger charge is -2.33. The fourth-order valence-electron chi connectivity index (χ4n) is 5.01. The van der Waals surface area contributed by atoms with Gasteiger partial charge in [-0.3, -0.25) is 19.1 Å². The maximum Gasteiger partial charge on any atom is 0.272 e. The first-order chi connectivity index (χ1) is 17.8. The highest BCUT2D eigenvalue weighted by molar-refractivity contribution is 7.91. The number of sulfonamides is 1. The van der Waals surface area contributed by atoms with Crippen molar-refractivity contribution in [1.29, 1.82) is 5.26 Å². The number of Topliss-reactive ketones (excluding diaryl/α,β-unsaturated/α-hetero) is 1. The standard InChI is InChI=1S/C26H32N6O5S/c1-25(2,14-21(28)34)30-38(36,37)26(11-12-26)16-32-13-10-19-22(29-31(3)23(19)24(32)35)20(33)9-8-17-4-6-18(15-27)7-5-17/h4-7,30H,8-14,16H2,1-3H3,(H2,28,34). The molecule has 0 bridgehead atoms. The first-order valence-electron chi connectivity index (χ1n) is 12.5.